The number of amides is 1. The van der Waals surface area contributed by atoms with Crippen LogP contribution in [0.4, 0.5) is 0 Å². The third kappa shape index (κ3) is 2.73. The lowest BCUT2D eigenvalue weighted by Crippen LogP contribution is -2.48. The number of allylic oxidation sites excluding steroid dienone is 2. The van der Waals surface area contributed by atoms with Crippen LogP contribution in [0.2, 0.25) is 0 Å². The fourth-order valence-corrected chi connectivity index (χ4v) is 3.77. The predicted molar refractivity (Wildman–Crippen MR) is 79.9 cm³/mol. The van der Waals surface area contributed by atoms with Crippen molar-refractivity contribution in [1.29, 1.82) is 0 Å². The number of hydrogen-bond donors (Lipinski definition) is 0. The van der Waals surface area contributed by atoms with Gasteiger partial charge in [-0.3, -0.25) is 4.79 Å². The molecule has 2 rings (SSSR count). The fourth-order valence-electron chi connectivity index (χ4n) is 3.77. The summed E-state index contributed by atoms with van der Waals surface area (Å²) in [4.78, 5) is 14.8. The second-order valence-corrected chi connectivity index (χ2v) is 7.18. The molecule has 0 N–H and O–H groups in total. The zero-order chi connectivity index (χ0) is 14.2. The number of piperidine rings is 1. The molecule has 1 fully saturated rings. The van der Waals surface area contributed by atoms with Crippen LogP contribution in [0.1, 0.15) is 66.7 Å². The average molecular weight is 263 g/mol. The number of hydrogen-bond acceptors (Lipinski definition) is 1. The van der Waals surface area contributed by atoms with Crippen LogP contribution in [0.15, 0.2) is 11.6 Å². The van der Waals surface area contributed by atoms with Crippen LogP contribution in [0.25, 0.3) is 0 Å². The molecule has 0 aromatic heterocycles. The van der Waals surface area contributed by atoms with Crippen LogP contribution in [0.3, 0.4) is 0 Å². The van der Waals surface area contributed by atoms with E-state index in [9.17, 15) is 4.79 Å². The number of carbonyl (C=O) groups is 1. The van der Waals surface area contributed by atoms with Crippen molar-refractivity contribution >= 4 is 5.91 Å². The Morgan fingerprint density at radius 3 is 2.37 bits per heavy atom. The maximum absolute atomic E-state index is 12.7. The molecule has 0 spiro atoms. The molecule has 1 heterocycles. The highest BCUT2D eigenvalue weighted by atomic mass is 16.2. The van der Waals surface area contributed by atoms with Gasteiger partial charge in [-0.15, -0.1) is 0 Å². The lowest BCUT2D eigenvalue weighted by atomic mass is 9.76. The monoisotopic (exact) mass is 263 g/mol. The van der Waals surface area contributed by atoms with Crippen molar-refractivity contribution in [2.45, 2.75) is 78.8 Å². The Labute approximate surface area is 118 Å². The van der Waals surface area contributed by atoms with Crippen molar-refractivity contribution in [3.05, 3.63) is 11.6 Å². The van der Waals surface area contributed by atoms with Gasteiger partial charge in [-0.2, -0.15) is 0 Å². The minimum Gasteiger partial charge on any atom is -0.337 e. The van der Waals surface area contributed by atoms with Gasteiger partial charge in [0.1, 0.15) is 0 Å². The van der Waals surface area contributed by atoms with E-state index in [1.54, 1.807) is 0 Å². The summed E-state index contributed by atoms with van der Waals surface area (Å²) in [5, 5.41) is 0. The van der Waals surface area contributed by atoms with E-state index in [1.165, 1.54) is 24.8 Å². The van der Waals surface area contributed by atoms with E-state index in [1.807, 2.05) is 0 Å². The van der Waals surface area contributed by atoms with E-state index < -0.39 is 0 Å². The Hall–Kier alpha value is -0.790. The third-order valence-corrected chi connectivity index (χ3v) is 5.65. The molecule has 108 valence electrons. The first-order valence-corrected chi connectivity index (χ1v) is 7.82. The molecule has 1 aliphatic heterocycles. The number of likely N-dealkylation sites (tertiary alicyclic amines) is 1. The molecule has 3 atom stereocenters. The molecule has 2 heteroatoms. The molecular formula is C17H29NO. The fraction of sp³-hybridized carbons (Fsp3) is 0.824. The standard InChI is InChI=1S/C17H29NO/c1-12-9-10-15(17(12,4)5)11-16(19)18-13(2)7-6-8-14(18)3/h9,13-15H,6-8,10-11H2,1-5H3. The van der Waals surface area contributed by atoms with Crippen molar-refractivity contribution in [3.8, 4) is 0 Å². The Balaban J connectivity index is 2.02. The smallest absolute Gasteiger partial charge is 0.223 e. The highest BCUT2D eigenvalue weighted by Gasteiger charge is 2.38. The minimum atomic E-state index is 0.192. The first kappa shape index (κ1) is 14.6. The zero-order valence-corrected chi connectivity index (χ0v) is 13.2. The largest absolute Gasteiger partial charge is 0.337 e. The number of rotatable bonds is 2. The van der Waals surface area contributed by atoms with Crippen LogP contribution in [0, 0.1) is 11.3 Å². The van der Waals surface area contributed by atoms with Gasteiger partial charge in [0.2, 0.25) is 5.91 Å². The molecular weight excluding hydrogens is 234 g/mol. The molecule has 0 saturated carbocycles. The highest BCUT2D eigenvalue weighted by molar-refractivity contribution is 5.77. The predicted octanol–water partition coefficient (Wildman–Crippen LogP) is 4.16. The summed E-state index contributed by atoms with van der Waals surface area (Å²) in [7, 11) is 0. The molecule has 0 aromatic carbocycles. The van der Waals surface area contributed by atoms with Gasteiger partial charge >= 0.3 is 0 Å². The SMILES string of the molecule is CC1=CCC(CC(=O)N2C(C)CCCC2C)C1(C)C. The van der Waals surface area contributed by atoms with Gasteiger partial charge in [0, 0.05) is 18.5 Å². The van der Waals surface area contributed by atoms with Crippen LogP contribution < -0.4 is 0 Å². The Kier molecular flexibility index (Phi) is 4.08. The Morgan fingerprint density at radius 2 is 1.89 bits per heavy atom. The number of nitrogens with zero attached hydrogens (tertiary/aromatic N) is 1. The Bertz CT molecular complexity index is 373. The minimum absolute atomic E-state index is 0.192. The molecule has 0 aromatic rings. The highest BCUT2D eigenvalue weighted by Crippen LogP contribution is 2.45. The van der Waals surface area contributed by atoms with Gasteiger partial charge in [-0.25, -0.2) is 0 Å². The van der Waals surface area contributed by atoms with Crippen molar-refractivity contribution in [2.24, 2.45) is 11.3 Å². The van der Waals surface area contributed by atoms with Gasteiger partial charge in [-0.1, -0.05) is 25.5 Å². The van der Waals surface area contributed by atoms with Crippen LogP contribution in [-0.2, 0) is 4.79 Å². The summed E-state index contributed by atoms with van der Waals surface area (Å²) >= 11 is 0. The van der Waals surface area contributed by atoms with Gasteiger partial charge in [-0.05, 0) is 57.8 Å². The van der Waals surface area contributed by atoms with Gasteiger partial charge in [0.25, 0.3) is 0 Å². The molecule has 3 unspecified atom stereocenters. The van der Waals surface area contributed by atoms with Gasteiger partial charge in [0.15, 0.2) is 0 Å². The molecule has 1 amide bonds. The second-order valence-electron chi connectivity index (χ2n) is 7.18. The maximum Gasteiger partial charge on any atom is 0.223 e. The van der Waals surface area contributed by atoms with Crippen LogP contribution >= 0.6 is 0 Å². The van der Waals surface area contributed by atoms with Crippen molar-refractivity contribution in [2.75, 3.05) is 0 Å². The molecule has 1 saturated heterocycles. The van der Waals surface area contributed by atoms with E-state index in [0.717, 1.165) is 12.8 Å². The van der Waals surface area contributed by atoms with Crippen molar-refractivity contribution in [1.82, 2.24) is 4.90 Å². The molecule has 1 aliphatic carbocycles. The third-order valence-electron chi connectivity index (χ3n) is 5.65. The summed E-state index contributed by atoms with van der Waals surface area (Å²) in [5.41, 5.74) is 1.64. The van der Waals surface area contributed by atoms with E-state index in [0.29, 0.717) is 23.9 Å². The summed E-state index contributed by atoms with van der Waals surface area (Å²) in [6.45, 7) is 11.2. The van der Waals surface area contributed by atoms with Gasteiger partial charge in [0.05, 0.1) is 0 Å². The van der Waals surface area contributed by atoms with Crippen LogP contribution in [-0.4, -0.2) is 22.9 Å². The van der Waals surface area contributed by atoms with Gasteiger partial charge < -0.3 is 4.90 Å². The zero-order valence-electron chi connectivity index (χ0n) is 13.2. The summed E-state index contributed by atoms with van der Waals surface area (Å²) < 4.78 is 0. The molecule has 2 nitrogen and oxygen atoms in total. The average Bonchev–Trinajstić information content (AvgIpc) is 2.56. The molecule has 19 heavy (non-hydrogen) atoms. The van der Waals surface area contributed by atoms with E-state index in [-0.39, 0.29) is 5.41 Å². The van der Waals surface area contributed by atoms with Crippen molar-refractivity contribution in [3.63, 3.8) is 0 Å². The van der Waals surface area contributed by atoms with Crippen LogP contribution in [0.5, 0.6) is 0 Å². The summed E-state index contributed by atoms with van der Waals surface area (Å²) in [6.07, 6.45) is 7.71. The number of carbonyl (C=O) groups excluding carboxylic acids is 1. The lowest BCUT2D eigenvalue weighted by molar-refractivity contribution is -0.139. The maximum atomic E-state index is 12.7. The molecule has 0 bridgehead atoms. The van der Waals surface area contributed by atoms with E-state index in [4.69, 9.17) is 0 Å². The topological polar surface area (TPSA) is 20.3 Å². The lowest BCUT2D eigenvalue weighted by Gasteiger charge is -2.40. The molecule has 0 radical (unpaired) electrons. The quantitative estimate of drug-likeness (QED) is 0.685. The Morgan fingerprint density at radius 1 is 1.32 bits per heavy atom. The normalized spacial score (nSPS) is 34.3. The van der Waals surface area contributed by atoms with Crippen molar-refractivity contribution < 1.29 is 4.79 Å². The molecule has 2 aliphatic rings. The van der Waals surface area contributed by atoms with E-state index in [2.05, 4.69) is 45.6 Å². The summed E-state index contributed by atoms with van der Waals surface area (Å²) in [5.74, 6) is 0.863. The second kappa shape index (κ2) is 5.30. The summed E-state index contributed by atoms with van der Waals surface area (Å²) in [6, 6.07) is 0.852. The first-order chi connectivity index (χ1) is 8.84. The first-order valence-electron chi connectivity index (χ1n) is 7.82. The van der Waals surface area contributed by atoms with E-state index >= 15 is 0 Å².